The van der Waals surface area contributed by atoms with Crippen molar-refractivity contribution in [2.75, 3.05) is 0 Å². The Labute approximate surface area is 119 Å². The van der Waals surface area contributed by atoms with Crippen molar-refractivity contribution in [1.29, 1.82) is 0 Å². The highest BCUT2D eigenvalue weighted by Crippen LogP contribution is 2.53. The highest BCUT2D eigenvalue weighted by Gasteiger charge is 2.50. The Morgan fingerprint density at radius 3 is 3.00 bits per heavy atom. The van der Waals surface area contributed by atoms with Gasteiger partial charge in [0, 0.05) is 18.3 Å². The SMILES string of the molecule is C[C@@H]1C=C2C=CC=C2C2C(O)=CC3CCCC(=O)C3C21. The van der Waals surface area contributed by atoms with Crippen molar-refractivity contribution in [2.24, 2.45) is 29.6 Å². The van der Waals surface area contributed by atoms with E-state index >= 15 is 0 Å². The Morgan fingerprint density at radius 1 is 1.30 bits per heavy atom. The first kappa shape index (κ1) is 12.2. The van der Waals surface area contributed by atoms with Gasteiger partial charge in [-0.05, 0) is 47.8 Å². The molecule has 20 heavy (non-hydrogen) atoms. The predicted molar refractivity (Wildman–Crippen MR) is 78.0 cm³/mol. The summed E-state index contributed by atoms with van der Waals surface area (Å²) in [5.41, 5.74) is 2.44. The van der Waals surface area contributed by atoms with E-state index in [9.17, 15) is 9.90 Å². The van der Waals surface area contributed by atoms with Gasteiger partial charge in [-0.25, -0.2) is 0 Å². The first-order valence-electron chi connectivity index (χ1n) is 7.70. The van der Waals surface area contributed by atoms with Crippen LogP contribution in [-0.4, -0.2) is 10.9 Å². The van der Waals surface area contributed by atoms with E-state index in [1.807, 2.05) is 6.08 Å². The molecule has 104 valence electrons. The van der Waals surface area contributed by atoms with Crippen LogP contribution in [0.2, 0.25) is 0 Å². The topological polar surface area (TPSA) is 37.3 Å². The number of Topliss-reactive ketones (excluding diaryl/α,β-unsaturated/α-hetero) is 1. The highest BCUT2D eigenvalue weighted by atomic mass is 16.3. The van der Waals surface area contributed by atoms with Gasteiger partial charge in [-0.3, -0.25) is 4.79 Å². The van der Waals surface area contributed by atoms with E-state index in [1.54, 1.807) is 0 Å². The zero-order chi connectivity index (χ0) is 13.9. The minimum Gasteiger partial charge on any atom is -0.512 e. The summed E-state index contributed by atoms with van der Waals surface area (Å²) in [6, 6.07) is 0. The molecule has 1 saturated carbocycles. The number of rotatable bonds is 0. The monoisotopic (exact) mass is 268 g/mol. The van der Waals surface area contributed by atoms with Crippen LogP contribution in [-0.2, 0) is 4.79 Å². The molecule has 0 aromatic carbocycles. The van der Waals surface area contributed by atoms with Gasteiger partial charge in [0.25, 0.3) is 0 Å². The lowest BCUT2D eigenvalue weighted by molar-refractivity contribution is -0.130. The molecule has 4 unspecified atom stereocenters. The van der Waals surface area contributed by atoms with Gasteiger partial charge in [0.05, 0.1) is 5.76 Å². The number of aliphatic hydroxyl groups excluding tert-OH is 1. The van der Waals surface area contributed by atoms with E-state index in [0.717, 1.165) is 19.3 Å². The lowest BCUT2D eigenvalue weighted by Gasteiger charge is -2.47. The maximum Gasteiger partial charge on any atom is 0.136 e. The van der Waals surface area contributed by atoms with Crippen LogP contribution in [0.15, 0.2) is 47.3 Å². The first-order chi connectivity index (χ1) is 9.66. The van der Waals surface area contributed by atoms with Crippen LogP contribution in [0, 0.1) is 29.6 Å². The average molecular weight is 268 g/mol. The molecule has 4 aliphatic rings. The Kier molecular flexibility index (Phi) is 2.57. The van der Waals surface area contributed by atoms with E-state index in [-0.39, 0.29) is 23.7 Å². The molecular weight excluding hydrogens is 248 g/mol. The predicted octanol–water partition coefficient (Wildman–Crippen LogP) is 3.73. The Morgan fingerprint density at radius 2 is 2.15 bits per heavy atom. The largest absolute Gasteiger partial charge is 0.512 e. The normalized spacial score (nSPS) is 42.1. The molecule has 0 bridgehead atoms. The fourth-order valence-electron chi connectivity index (χ4n) is 4.79. The van der Waals surface area contributed by atoms with Crippen molar-refractivity contribution in [3.63, 3.8) is 0 Å². The van der Waals surface area contributed by atoms with Crippen molar-refractivity contribution in [2.45, 2.75) is 26.2 Å². The third-order valence-electron chi connectivity index (χ3n) is 5.57. The van der Waals surface area contributed by atoms with Gasteiger partial charge in [-0.2, -0.15) is 0 Å². The zero-order valence-electron chi connectivity index (χ0n) is 11.8. The second-order valence-corrected chi connectivity index (χ2v) is 6.66. The quantitative estimate of drug-likeness (QED) is 0.726. The summed E-state index contributed by atoms with van der Waals surface area (Å²) >= 11 is 0. The van der Waals surface area contributed by atoms with Crippen molar-refractivity contribution >= 4 is 5.78 Å². The maximum atomic E-state index is 12.5. The van der Waals surface area contributed by atoms with Crippen LogP contribution >= 0.6 is 0 Å². The lowest BCUT2D eigenvalue weighted by Crippen LogP contribution is -2.45. The van der Waals surface area contributed by atoms with Gasteiger partial charge >= 0.3 is 0 Å². The zero-order valence-corrected chi connectivity index (χ0v) is 11.8. The van der Waals surface area contributed by atoms with Gasteiger partial charge in [0.2, 0.25) is 0 Å². The molecule has 0 heterocycles. The highest BCUT2D eigenvalue weighted by molar-refractivity contribution is 5.83. The van der Waals surface area contributed by atoms with Gasteiger partial charge in [0.1, 0.15) is 5.78 Å². The van der Waals surface area contributed by atoms with Crippen molar-refractivity contribution in [3.05, 3.63) is 47.3 Å². The van der Waals surface area contributed by atoms with Crippen LogP contribution in [0.5, 0.6) is 0 Å². The molecular formula is C18H20O2. The van der Waals surface area contributed by atoms with E-state index in [1.165, 1.54) is 11.1 Å². The first-order valence-corrected chi connectivity index (χ1v) is 7.70. The molecule has 0 aliphatic heterocycles. The second kappa shape index (κ2) is 4.21. The summed E-state index contributed by atoms with van der Waals surface area (Å²) in [5, 5.41) is 10.5. The molecule has 4 aliphatic carbocycles. The van der Waals surface area contributed by atoms with Crippen LogP contribution in [0.1, 0.15) is 26.2 Å². The van der Waals surface area contributed by atoms with Crippen LogP contribution in [0.25, 0.3) is 0 Å². The van der Waals surface area contributed by atoms with E-state index in [4.69, 9.17) is 0 Å². The summed E-state index contributed by atoms with van der Waals surface area (Å²) in [6.45, 7) is 2.20. The van der Waals surface area contributed by atoms with Gasteiger partial charge in [-0.1, -0.05) is 31.2 Å². The van der Waals surface area contributed by atoms with E-state index < -0.39 is 0 Å². The number of carbonyl (C=O) groups excluding carboxylic acids is 1. The summed E-state index contributed by atoms with van der Waals surface area (Å²) in [6.07, 6.45) is 13.3. The molecule has 1 fully saturated rings. The maximum absolute atomic E-state index is 12.5. The minimum atomic E-state index is 0.0308. The fraction of sp³-hybridized carbons (Fsp3) is 0.500. The Hall–Kier alpha value is -1.57. The number of hydrogen-bond acceptors (Lipinski definition) is 2. The van der Waals surface area contributed by atoms with Crippen LogP contribution in [0.3, 0.4) is 0 Å². The van der Waals surface area contributed by atoms with Crippen molar-refractivity contribution in [3.8, 4) is 0 Å². The number of ketones is 1. The molecule has 0 aromatic heterocycles. The van der Waals surface area contributed by atoms with Gasteiger partial charge in [0.15, 0.2) is 0 Å². The minimum absolute atomic E-state index is 0.0308. The molecule has 5 atom stereocenters. The molecule has 0 radical (unpaired) electrons. The van der Waals surface area contributed by atoms with E-state index in [0.29, 0.717) is 17.5 Å². The van der Waals surface area contributed by atoms with Crippen LogP contribution < -0.4 is 0 Å². The summed E-state index contributed by atoms with van der Waals surface area (Å²) < 4.78 is 0. The molecule has 2 heteroatoms. The molecule has 4 rings (SSSR count). The molecule has 0 aromatic rings. The average Bonchev–Trinajstić information content (AvgIpc) is 2.86. The number of carbonyl (C=O) groups is 1. The lowest BCUT2D eigenvalue weighted by atomic mass is 9.56. The summed E-state index contributed by atoms with van der Waals surface area (Å²) in [5.74, 6) is 1.90. The molecule has 0 saturated heterocycles. The Balaban J connectivity index is 1.84. The molecule has 2 nitrogen and oxygen atoms in total. The third kappa shape index (κ3) is 1.54. The molecule has 0 spiro atoms. The third-order valence-corrected chi connectivity index (χ3v) is 5.57. The number of allylic oxidation sites excluding steroid dienone is 7. The van der Waals surface area contributed by atoms with E-state index in [2.05, 4.69) is 31.2 Å². The Bertz CT molecular complexity index is 591. The van der Waals surface area contributed by atoms with Crippen LogP contribution in [0.4, 0.5) is 0 Å². The second-order valence-electron chi connectivity index (χ2n) is 6.66. The van der Waals surface area contributed by atoms with Crippen molar-refractivity contribution < 1.29 is 9.90 Å². The number of hydrogen-bond donors (Lipinski definition) is 1. The molecule has 1 N–H and O–H groups in total. The van der Waals surface area contributed by atoms with Gasteiger partial charge in [-0.15, -0.1) is 0 Å². The number of aliphatic hydroxyl groups is 1. The fourth-order valence-corrected chi connectivity index (χ4v) is 4.79. The summed E-state index contributed by atoms with van der Waals surface area (Å²) in [4.78, 5) is 12.5. The number of fused-ring (bicyclic) bond motifs is 5. The van der Waals surface area contributed by atoms with Crippen molar-refractivity contribution in [1.82, 2.24) is 0 Å². The standard InChI is InChI=1S/C18H20O2/c1-10-8-11-4-2-6-13(11)18-15(20)9-12-5-3-7-14(19)17(12)16(10)18/h2,4,6,8-10,12,16-18,20H,3,5,7H2,1H3/t10-,12?,16?,17?,18?/m1/s1. The summed E-state index contributed by atoms with van der Waals surface area (Å²) in [7, 11) is 0. The smallest absolute Gasteiger partial charge is 0.136 e. The van der Waals surface area contributed by atoms with Gasteiger partial charge < -0.3 is 5.11 Å². The molecule has 0 amide bonds.